The summed E-state index contributed by atoms with van der Waals surface area (Å²) in [6.07, 6.45) is 1.21. The second-order valence-corrected chi connectivity index (χ2v) is 3.33. The van der Waals surface area contributed by atoms with Gasteiger partial charge in [-0.25, -0.2) is 4.39 Å². The first-order valence-electron chi connectivity index (χ1n) is 4.38. The highest BCUT2D eigenvalue weighted by atomic mass is 35.5. The highest BCUT2D eigenvalue weighted by Gasteiger charge is 2.05. The molecule has 76 valence electrons. The first-order valence-corrected chi connectivity index (χ1v) is 4.76. The summed E-state index contributed by atoms with van der Waals surface area (Å²) >= 11 is 5.72. The van der Waals surface area contributed by atoms with Crippen LogP contribution in [0.25, 0.3) is 0 Å². The van der Waals surface area contributed by atoms with Crippen LogP contribution in [-0.2, 0) is 4.79 Å². The Morgan fingerprint density at radius 1 is 1.57 bits per heavy atom. The molecular formula is C10H11ClFNO. The monoisotopic (exact) mass is 215 g/mol. The van der Waals surface area contributed by atoms with Crippen LogP contribution in [0.3, 0.4) is 0 Å². The molecule has 0 atom stereocenters. The van der Waals surface area contributed by atoms with Crippen molar-refractivity contribution in [3.05, 3.63) is 29.0 Å². The molecule has 1 amide bonds. The van der Waals surface area contributed by atoms with Crippen LogP contribution in [0.4, 0.5) is 10.1 Å². The van der Waals surface area contributed by atoms with Gasteiger partial charge in [0.1, 0.15) is 5.82 Å². The third kappa shape index (κ3) is 3.00. The summed E-state index contributed by atoms with van der Waals surface area (Å²) in [6.45, 7) is 1.91. The summed E-state index contributed by atoms with van der Waals surface area (Å²) in [5.74, 6) is -0.524. The quantitative estimate of drug-likeness (QED) is 0.824. The van der Waals surface area contributed by atoms with E-state index in [9.17, 15) is 9.18 Å². The van der Waals surface area contributed by atoms with Crippen LogP contribution in [-0.4, -0.2) is 5.91 Å². The van der Waals surface area contributed by atoms with Crippen molar-refractivity contribution in [2.24, 2.45) is 0 Å². The largest absolute Gasteiger partial charge is 0.325 e. The van der Waals surface area contributed by atoms with Crippen LogP contribution < -0.4 is 5.32 Å². The van der Waals surface area contributed by atoms with E-state index in [-0.39, 0.29) is 10.9 Å². The predicted octanol–water partition coefficient (Wildman–Crippen LogP) is 3.22. The normalized spacial score (nSPS) is 9.93. The molecule has 0 bridgehead atoms. The van der Waals surface area contributed by atoms with Gasteiger partial charge in [0.25, 0.3) is 0 Å². The molecule has 0 heterocycles. The van der Waals surface area contributed by atoms with Crippen LogP contribution in [0, 0.1) is 5.82 Å². The number of amides is 1. The van der Waals surface area contributed by atoms with Crippen molar-refractivity contribution >= 4 is 23.2 Å². The average molecular weight is 216 g/mol. The predicted molar refractivity (Wildman–Crippen MR) is 54.9 cm³/mol. The fourth-order valence-electron chi connectivity index (χ4n) is 1.03. The molecule has 1 rings (SSSR count). The van der Waals surface area contributed by atoms with E-state index < -0.39 is 5.82 Å². The fraction of sp³-hybridized carbons (Fsp3) is 0.300. The molecule has 1 aromatic rings. The highest BCUT2D eigenvalue weighted by Crippen LogP contribution is 2.22. The Bertz CT molecular complexity index is 341. The molecule has 1 aromatic carbocycles. The SMILES string of the molecule is CCCC(=O)Nc1ccc(F)cc1Cl. The number of hydrogen-bond acceptors (Lipinski definition) is 1. The number of nitrogens with one attached hydrogen (secondary N) is 1. The Hall–Kier alpha value is -1.09. The molecule has 0 unspecified atom stereocenters. The van der Waals surface area contributed by atoms with Crippen LogP contribution >= 0.6 is 11.6 Å². The van der Waals surface area contributed by atoms with Crippen molar-refractivity contribution in [3.63, 3.8) is 0 Å². The van der Waals surface area contributed by atoms with E-state index in [2.05, 4.69) is 5.32 Å². The maximum absolute atomic E-state index is 12.6. The lowest BCUT2D eigenvalue weighted by atomic mass is 10.3. The van der Waals surface area contributed by atoms with E-state index in [1.165, 1.54) is 18.2 Å². The summed E-state index contributed by atoms with van der Waals surface area (Å²) in [7, 11) is 0. The van der Waals surface area contributed by atoms with Crippen molar-refractivity contribution in [1.82, 2.24) is 0 Å². The van der Waals surface area contributed by atoms with E-state index in [0.29, 0.717) is 12.1 Å². The molecule has 0 radical (unpaired) electrons. The van der Waals surface area contributed by atoms with Gasteiger partial charge in [-0.05, 0) is 24.6 Å². The van der Waals surface area contributed by atoms with Gasteiger partial charge in [-0.2, -0.15) is 0 Å². The average Bonchev–Trinajstić information content (AvgIpc) is 2.10. The zero-order valence-corrected chi connectivity index (χ0v) is 8.57. The van der Waals surface area contributed by atoms with Crippen molar-refractivity contribution in [2.75, 3.05) is 5.32 Å². The van der Waals surface area contributed by atoms with Gasteiger partial charge in [-0.1, -0.05) is 18.5 Å². The second kappa shape index (κ2) is 4.96. The Morgan fingerprint density at radius 3 is 2.86 bits per heavy atom. The Labute approximate surface area is 87.1 Å². The molecule has 14 heavy (non-hydrogen) atoms. The van der Waals surface area contributed by atoms with Crippen molar-refractivity contribution in [1.29, 1.82) is 0 Å². The van der Waals surface area contributed by atoms with E-state index in [1.54, 1.807) is 0 Å². The smallest absolute Gasteiger partial charge is 0.224 e. The molecule has 0 fully saturated rings. The molecule has 0 saturated heterocycles. The zero-order chi connectivity index (χ0) is 10.6. The summed E-state index contributed by atoms with van der Waals surface area (Å²) in [6, 6.07) is 3.88. The van der Waals surface area contributed by atoms with Crippen molar-refractivity contribution in [3.8, 4) is 0 Å². The first-order chi connectivity index (χ1) is 6.63. The number of hydrogen-bond donors (Lipinski definition) is 1. The molecule has 0 spiro atoms. The van der Waals surface area contributed by atoms with Gasteiger partial charge in [0, 0.05) is 6.42 Å². The topological polar surface area (TPSA) is 29.1 Å². The van der Waals surface area contributed by atoms with Crippen LogP contribution in [0.2, 0.25) is 5.02 Å². The molecule has 0 saturated carbocycles. The molecule has 4 heteroatoms. The Morgan fingerprint density at radius 2 is 2.29 bits per heavy atom. The molecule has 0 aliphatic rings. The number of carbonyl (C=O) groups excluding carboxylic acids is 1. The Kier molecular flexibility index (Phi) is 3.89. The number of rotatable bonds is 3. The van der Waals surface area contributed by atoms with Gasteiger partial charge in [0.2, 0.25) is 5.91 Å². The van der Waals surface area contributed by atoms with Crippen LogP contribution in [0.1, 0.15) is 19.8 Å². The third-order valence-electron chi connectivity index (χ3n) is 1.68. The van der Waals surface area contributed by atoms with Gasteiger partial charge in [-0.3, -0.25) is 4.79 Å². The summed E-state index contributed by atoms with van der Waals surface area (Å²) in [4.78, 5) is 11.2. The fourth-order valence-corrected chi connectivity index (χ4v) is 1.25. The highest BCUT2D eigenvalue weighted by molar-refractivity contribution is 6.33. The molecule has 0 aromatic heterocycles. The molecule has 0 aliphatic heterocycles. The number of carbonyl (C=O) groups is 1. The second-order valence-electron chi connectivity index (χ2n) is 2.92. The van der Waals surface area contributed by atoms with E-state index >= 15 is 0 Å². The lowest BCUT2D eigenvalue weighted by Gasteiger charge is -2.05. The van der Waals surface area contributed by atoms with Crippen molar-refractivity contribution < 1.29 is 9.18 Å². The lowest BCUT2D eigenvalue weighted by molar-refractivity contribution is -0.116. The summed E-state index contributed by atoms with van der Waals surface area (Å²) in [5.41, 5.74) is 0.450. The maximum atomic E-state index is 12.6. The standard InChI is InChI=1S/C10H11ClFNO/c1-2-3-10(14)13-9-5-4-7(12)6-8(9)11/h4-6H,2-3H2,1H3,(H,13,14). The van der Waals surface area contributed by atoms with E-state index in [4.69, 9.17) is 11.6 Å². The maximum Gasteiger partial charge on any atom is 0.224 e. The summed E-state index contributed by atoms with van der Waals surface area (Å²) < 4.78 is 12.6. The Balaban J connectivity index is 2.72. The van der Waals surface area contributed by atoms with Crippen molar-refractivity contribution in [2.45, 2.75) is 19.8 Å². The molecule has 2 nitrogen and oxygen atoms in total. The number of anilines is 1. The van der Waals surface area contributed by atoms with Crippen LogP contribution in [0.15, 0.2) is 18.2 Å². The minimum atomic E-state index is -0.413. The van der Waals surface area contributed by atoms with E-state index in [1.807, 2.05) is 6.92 Å². The minimum absolute atomic E-state index is 0.110. The van der Waals surface area contributed by atoms with Gasteiger partial charge >= 0.3 is 0 Å². The first kappa shape index (κ1) is 11.0. The summed E-state index contributed by atoms with van der Waals surface area (Å²) in [5, 5.41) is 2.82. The molecule has 1 N–H and O–H groups in total. The third-order valence-corrected chi connectivity index (χ3v) is 1.99. The number of benzene rings is 1. The lowest BCUT2D eigenvalue weighted by Crippen LogP contribution is -2.10. The molecular weight excluding hydrogens is 205 g/mol. The van der Waals surface area contributed by atoms with E-state index in [0.717, 1.165) is 6.42 Å². The minimum Gasteiger partial charge on any atom is -0.325 e. The van der Waals surface area contributed by atoms with Crippen LogP contribution in [0.5, 0.6) is 0 Å². The van der Waals surface area contributed by atoms with Gasteiger partial charge in [0.15, 0.2) is 0 Å². The zero-order valence-electron chi connectivity index (χ0n) is 7.81. The van der Waals surface area contributed by atoms with Gasteiger partial charge < -0.3 is 5.32 Å². The number of halogens is 2. The van der Waals surface area contributed by atoms with Gasteiger partial charge in [-0.15, -0.1) is 0 Å². The molecule has 0 aliphatic carbocycles. The van der Waals surface area contributed by atoms with Gasteiger partial charge in [0.05, 0.1) is 10.7 Å².